The summed E-state index contributed by atoms with van der Waals surface area (Å²) < 4.78 is 4.62. The van der Waals surface area contributed by atoms with Crippen molar-refractivity contribution < 1.29 is 42.9 Å². The van der Waals surface area contributed by atoms with Gasteiger partial charge >= 0.3 is 47.0 Å². The molecule has 0 aromatic rings. The van der Waals surface area contributed by atoms with Gasteiger partial charge in [-0.15, -0.1) is 6.42 Å². The van der Waals surface area contributed by atoms with Crippen LogP contribution in [-0.4, -0.2) is 5.97 Å². The molecular weight excluding hydrogens is 363 g/mol. The molecule has 0 atom stereocenters. The molecule has 0 aromatic carbocycles. The van der Waals surface area contributed by atoms with Crippen LogP contribution in [0.4, 0.5) is 0 Å². The van der Waals surface area contributed by atoms with E-state index in [2.05, 4.69) is 25.3 Å². The summed E-state index contributed by atoms with van der Waals surface area (Å²) >= 11 is 4.25. The SMILES string of the molecule is CCCCC[CH-]OC(C)=O.[C-]#N.[Cu+].[Zn+][Br]. The molecule has 0 spiro atoms. The second kappa shape index (κ2) is 29.3. The van der Waals surface area contributed by atoms with E-state index >= 15 is 0 Å². The van der Waals surface area contributed by atoms with Crippen LogP contribution in [0.5, 0.6) is 0 Å². The summed E-state index contributed by atoms with van der Waals surface area (Å²) in [5.74, 6) is -0.225. The first-order valence-electron chi connectivity index (χ1n) is 4.25. The number of halogens is 1. The predicted octanol–water partition coefficient (Wildman–Crippen LogP) is 3.23. The maximum absolute atomic E-state index is 10.2. The number of carbonyl (C=O) groups excluding carboxylic acids is 1. The van der Waals surface area contributed by atoms with Crippen molar-refractivity contribution in [1.29, 1.82) is 5.26 Å². The first kappa shape index (κ1) is 24.7. The van der Waals surface area contributed by atoms with E-state index in [1.807, 2.05) is 0 Å². The molecule has 0 aliphatic heterocycles. The van der Waals surface area contributed by atoms with Gasteiger partial charge < -0.3 is 16.6 Å². The molecule has 0 N–H and O–H groups in total. The van der Waals surface area contributed by atoms with Gasteiger partial charge in [0.25, 0.3) is 5.97 Å². The van der Waals surface area contributed by atoms with E-state index in [1.54, 1.807) is 6.61 Å². The molecule has 0 amide bonds. The number of unbranched alkanes of at least 4 members (excludes halogenated alkanes) is 3. The van der Waals surface area contributed by atoms with E-state index < -0.39 is 0 Å². The molecule has 3 nitrogen and oxygen atoms in total. The van der Waals surface area contributed by atoms with Crippen LogP contribution in [0, 0.1) is 18.4 Å². The van der Waals surface area contributed by atoms with Gasteiger partial charge in [-0.05, 0) is 0 Å². The molecule has 0 saturated carbocycles. The zero-order valence-corrected chi connectivity index (χ0v) is 14.6. The number of carbonyl (C=O) groups is 1. The van der Waals surface area contributed by atoms with Crippen molar-refractivity contribution in [3.05, 3.63) is 13.2 Å². The third kappa shape index (κ3) is 40.2. The molecule has 0 heterocycles. The third-order valence-electron chi connectivity index (χ3n) is 1.17. The Bertz CT molecular complexity index is 137. The average Bonchev–Trinajstić information content (AvgIpc) is 2.23. The van der Waals surface area contributed by atoms with Crippen LogP contribution in [0.1, 0.15) is 39.5 Å². The van der Waals surface area contributed by atoms with Crippen molar-refractivity contribution in [3.63, 3.8) is 0 Å². The fourth-order valence-electron chi connectivity index (χ4n) is 0.654. The normalized spacial score (nSPS) is 6.87. The van der Waals surface area contributed by atoms with Crippen molar-refractivity contribution >= 4 is 19.6 Å². The van der Waals surface area contributed by atoms with E-state index in [9.17, 15) is 4.79 Å². The Labute approximate surface area is 120 Å². The van der Waals surface area contributed by atoms with E-state index in [1.165, 1.54) is 36.1 Å². The summed E-state index contributed by atoms with van der Waals surface area (Å²) in [7, 11) is 0. The van der Waals surface area contributed by atoms with E-state index in [0.29, 0.717) is 0 Å². The average molecular weight is 378 g/mol. The maximum atomic E-state index is 10.2. The molecule has 6 heteroatoms. The molecule has 0 radical (unpaired) electrons. The van der Waals surface area contributed by atoms with Crippen LogP contribution in [-0.2, 0) is 42.9 Å². The third-order valence-corrected chi connectivity index (χ3v) is 1.17. The summed E-state index contributed by atoms with van der Waals surface area (Å²) in [5, 5.41) is 6.25. The van der Waals surface area contributed by atoms with Crippen molar-refractivity contribution in [3.8, 4) is 0 Å². The van der Waals surface area contributed by atoms with Crippen LogP contribution in [0.25, 0.3) is 0 Å². The molecule has 0 saturated heterocycles. The number of hydrogen-bond donors (Lipinski definition) is 0. The minimum absolute atomic E-state index is 0. The first-order chi connectivity index (χ1) is 6.77. The van der Waals surface area contributed by atoms with Crippen molar-refractivity contribution in [1.82, 2.24) is 0 Å². The number of rotatable bonds is 5. The van der Waals surface area contributed by atoms with Gasteiger partial charge in [-0.2, -0.15) is 6.61 Å². The molecule has 0 fully saturated rings. The Hall–Kier alpha value is 0.583. The summed E-state index contributed by atoms with van der Waals surface area (Å²) in [6.45, 7) is 9.89. The topological polar surface area (TPSA) is 50.1 Å². The fourth-order valence-corrected chi connectivity index (χ4v) is 0.654. The quantitative estimate of drug-likeness (QED) is 0.320. The van der Waals surface area contributed by atoms with Gasteiger partial charge in [0.05, 0.1) is 0 Å². The molecule has 88 valence electrons. The van der Waals surface area contributed by atoms with Crippen LogP contribution in [0.3, 0.4) is 0 Å². The number of ether oxygens (including phenoxy) is 1. The minimum atomic E-state index is -0.225. The molecule has 0 aliphatic carbocycles. The Kier molecular flexibility index (Phi) is 48.2. The fraction of sp³-hybridized carbons (Fsp3) is 0.667. The molecule has 15 heavy (non-hydrogen) atoms. The van der Waals surface area contributed by atoms with Gasteiger partial charge in [-0.1, -0.05) is 26.2 Å². The van der Waals surface area contributed by atoms with E-state index in [4.69, 9.17) is 11.8 Å². The first-order valence-corrected chi connectivity index (χ1v) is 11.2. The van der Waals surface area contributed by atoms with E-state index in [-0.39, 0.29) is 23.0 Å². The van der Waals surface area contributed by atoms with Crippen molar-refractivity contribution in [2.24, 2.45) is 0 Å². The number of hydrogen-bond acceptors (Lipinski definition) is 3. The van der Waals surface area contributed by atoms with Crippen LogP contribution in [0.15, 0.2) is 0 Å². The number of nitrogens with zero attached hydrogens (tertiary/aromatic N) is 1. The Morgan fingerprint density at radius 2 is 1.93 bits per heavy atom. The van der Waals surface area contributed by atoms with Crippen LogP contribution in [0.2, 0.25) is 0 Å². The van der Waals surface area contributed by atoms with Gasteiger partial charge in [0, 0.05) is 6.92 Å². The Morgan fingerprint density at radius 1 is 1.47 bits per heavy atom. The predicted molar refractivity (Wildman–Crippen MR) is 54.1 cm³/mol. The second-order valence-corrected chi connectivity index (χ2v) is 2.27. The Morgan fingerprint density at radius 3 is 2.27 bits per heavy atom. The van der Waals surface area contributed by atoms with Gasteiger partial charge in [0.1, 0.15) is 0 Å². The zero-order valence-electron chi connectivity index (χ0n) is 9.06. The standard InChI is InChI=1S/C8H15O2.CN.BrH.Cu.Zn/c1-3-4-5-6-7-10-8(2)9;1-2;;;/h7H,3-6H2,1-2H3;;1H;;/q2*-1;;+1;+2/p-1. The molecule has 0 unspecified atom stereocenters. The molecule has 0 aromatic heterocycles. The van der Waals surface area contributed by atoms with Gasteiger partial charge in [-0.25, -0.2) is 0 Å². The molecule has 0 aliphatic rings. The van der Waals surface area contributed by atoms with Crippen LogP contribution < -0.4 is 0 Å². The van der Waals surface area contributed by atoms with Gasteiger partial charge in [0.15, 0.2) is 0 Å². The Balaban J connectivity index is -0.000000107. The summed E-state index contributed by atoms with van der Waals surface area (Å²) in [5.41, 5.74) is 0. The zero-order chi connectivity index (χ0) is 11.8. The molecular formula is C9H15BrCuNO2Zn. The van der Waals surface area contributed by atoms with E-state index in [0.717, 1.165) is 12.8 Å². The summed E-state index contributed by atoms with van der Waals surface area (Å²) in [6, 6.07) is 0. The number of esters is 1. The summed E-state index contributed by atoms with van der Waals surface area (Å²) in [4.78, 5) is 10.2. The van der Waals surface area contributed by atoms with Crippen LogP contribution >= 0.6 is 13.6 Å². The monoisotopic (exact) mass is 375 g/mol. The van der Waals surface area contributed by atoms with Crippen molar-refractivity contribution in [2.75, 3.05) is 0 Å². The second-order valence-electron chi connectivity index (χ2n) is 2.27. The van der Waals surface area contributed by atoms with Crippen molar-refractivity contribution in [2.45, 2.75) is 39.5 Å². The molecule has 0 rings (SSSR count). The van der Waals surface area contributed by atoms with Gasteiger partial charge in [0.2, 0.25) is 0 Å². The summed E-state index contributed by atoms with van der Waals surface area (Å²) in [6.07, 6.45) is 4.41. The van der Waals surface area contributed by atoms with Gasteiger partial charge in [-0.3, -0.25) is 4.79 Å². The molecule has 0 bridgehead atoms.